The Labute approximate surface area is 63.1 Å². The van der Waals surface area contributed by atoms with Crippen molar-refractivity contribution in [2.75, 3.05) is 0 Å². The summed E-state index contributed by atoms with van der Waals surface area (Å²) in [4.78, 5) is 13.5. The summed E-state index contributed by atoms with van der Waals surface area (Å²) >= 11 is 0. The highest BCUT2D eigenvalue weighted by Gasteiger charge is 2.12. The Kier molecular flexibility index (Phi) is 1.72. The van der Waals surface area contributed by atoms with Crippen molar-refractivity contribution in [3.63, 3.8) is 0 Å². The van der Waals surface area contributed by atoms with Crippen molar-refractivity contribution >= 4 is 11.9 Å². The molecule has 1 heterocycles. The van der Waals surface area contributed by atoms with E-state index in [0.29, 0.717) is 5.82 Å². The van der Waals surface area contributed by atoms with E-state index in [1.54, 1.807) is 7.05 Å². The van der Waals surface area contributed by atoms with Crippen LogP contribution in [0.1, 0.15) is 5.82 Å². The quantitative estimate of drug-likeness (QED) is 0.469. The summed E-state index contributed by atoms with van der Waals surface area (Å²) in [5.74, 6) is 0.469. The smallest absolute Gasteiger partial charge is 0.342 e. The molecule has 0 aliphatic carbocycles. The minimum atomic E-state index is -0.486. The third-order valence-electron chi connectivity index (χ3n) is 1.37. The van der Waals surface area contributed by atoms with E-state index in [4.69, 9.17) is 0 Å². The van der Waals surface area contributed by atoms with Crippen molar-refractivity contribution in [1.29, 1.82) is 0 Å². The van der Waals surface area contributed by atoms with Crippen LogP contribution in [-0.2, 0) is 7.05 Å². The number of nitro groups is 1. The Morgan fingerprint density at radius 3 is 2.82 bits per heavy atom. The average Bonchev–Trinajstić information content (AvgIpc) is 2.30. The molecule has 0 spiro atoms. The maximum absolute atomic E-state index is 10.3. The summed E-state index contributed by atoms with van der Waals surface area (Å²) in [6, 6.07) is 0. The molecule has 0 fully saturated rings. The lowest BCUT2D eigenvalue weighted by Gasteiger charge is -1.92. The molecule has 0 saturated carbocycles. The van der Waals surface area contributed by atoms with Crippen molar-refractivity contribution in [2.24, 2.45) is 7.05 Å². The standard InChI is InChI=1S/C6H7N3O2/c1-3-5-7-4-6(8(5)2)9(10)11/h3-4H,1H2,2H3. The van der Waals surface area contributed by atoms with Crippen LogP contribution in [0.2, 0.25) is 0 Å². The predicted octanol–water partition coefficient (Wildman–Crippen LogP) is 0.971. The van der Waals surface area contributed by atoms with E-state index in [9.17, 15) is 10.1 Å². The molecule has 0 unspecified atom stereocenters. The lowest BCUT2D eigenvalue weighted by Crippen LogP contribution is -1.98. The number of imidazole rings is 1. The normalized spacial score (nSPS) is 9.55. The van der Waals surface area contributed by atoms with Crippen LogP contribution in [0.4, 0.5) is 5.82 Å². The molecule has 1 aromatic rings. The van der Waals surface area contributed by atoms with Gasteiger partial charge in [0, 0.05) is 0 Å². The fourth-order valence-electron chi connectivity index (χ4n) is 0.774. The molecular formula is C6H7N3O2. The lowest BCUT2D eigenvalue weighted by molar-refractivity contribution is -0.391. The third kappa shape index (κ3) is 1.12. The van der Waals surface area contributed by atoms with Gasteiger partial charge in [-0.2, -0.15) is 0 Å². The Morgan fingerprint density at radius 1 is 1.91 bits per heavy atom. The summed E-state index contributed by atoms with van der Waals surface area (Å²) in [6.07, 6.45) is 2.67. The second kappa shape index (κ2) is 2.53. The zero-order chi connectivity index (χ0) is 8.43. The van der Waals surface area contributed by atoms with Crippen molar-refractivity contribution in [3.05, 3.63) is 28.7 Å². The van der Waals surface area contributed by atoms with Gasteiger partial charge >= 0.3 is 5.82 Å². The molecule has 0 aliphatic heterocycles. The van der Waals surface area contributed by atoms with E-state index in [2.05, 4.69) is 11.6 Å². The first-order valence-electron chi connectivity index (χ1n) is 2.95. The zero-order valence-corrected chi connectivity index (χ0v) is 6.02. The maximum atomic E-state index is 10.3. The largest absolute Gasteiger partial charge is 0.358 e. The topological polar surface area (TPSA) is 61.0 Å². The van der Waals surface area contributed by atoms with Gasteiger partial charge in [0.05, 0.1) is 7.05 Å². The molecule has 0 N–H and O–H groups in total. The Morgan fingerprint density at radius 2 is 2.55 bits per heavy atom. The SMILES string of the molecule is C=Cc1ncc([N+](=O)[O-])n1C. The monoisotopic (exact) mass is 153 g/mol. The molecule has 0 aromatic carbocycles. The summed E-state index contributed by atoms with van der Waals surface area (Å²) < 4.78 is 1.37. The van der Waals surface area contributed by atoms with Gasteiger partial charge < -0.3 is 10.1 Å². The summed E-state index contributed by atoms with van der Waals surface area (Å²) in [5.41, 5.74) is 0. The van der Waals surface area contributed by atoms with Crippen molar-refractivity contribution in [3.8, 4) is 0 Å². The Bertz CT molecular complexity index is 303. The molecule has 0 saturated heterocycles. The van der Waals surface area contributed by atoms with Crippen LogP contribution in [0.5, 0.6) is 0 Å². The maximum Gasteiger partial charge on any atom is 0.342 e. The fraction of sp³-hybridized carbons (Fsp3) is 0.167. The van der Waals surface area contributed by atoms with E-state index in [0.717, 1.165) is 0 Å². The number of aromatic nitrogens is 2. The van der Waals surface area contributed by atoms with Gasteiger partial charge in [-0.15, -0.1) is 0 Å². The van der Waals surface area contributed by atoms with E-state index in [1.165, 1.54) is 16.8 Å². The molecule has 1 rings (SSSR count). The van der Waals surface area contributed by atoms with Crippen molar-refractivity contribution in [2.45, 2.75) is 0 Å². The first-order chi connectivity index (χ1) is 5.16. The average molecular weight is 153 g/mol. The Balaban J connectivity index is 3.20. The molecule has 5 heteroatoms. The van der Waals surface area contributed by atoms with Crippen LogP contribution in [0, 0.1) is 10.1 Å². The second-order valence-electron chi connectivity index (χ2n) is 1.99. The first kappa shape index (κ1) is 7.46. The van der Waals surface area contributed by atoms with Crippen LogP contribution in [0.3, 0.4) is 0 Å². The van der Waals surface area contributed by atoms with Crippen LogP contribution in [0.25, 0.3) is 6.08 Å². The summed E-state index contributed by atoms with van der Waals surface area (Å²) in [6.45, 7) is 3.46. The number of hydrogen-bond donors (Lipinski definition) is 0. The second-order valence-corrected chi connectivity index (χ2v) is 1.99. The zero-order valence-electron chi connectivity index (χ0n) is 6.02. The van der Waals surface area contributed by atoms with Crippen molar-refractivity contribution < 1.29 is 4.92 Å². The minimum absolute atomic E-state index is 0.0279. The van der Waals surface area contributed by atoms with E-state index in [1.807, 2.05) is 0 Å². The highest BCUT2D eigenvalue weighted by molar-refractivity contribution is 5.40. The fourth-order valence-corrected chi connectivity index (χ4v) is 0.774. The third-order valence-corrected chi connectivity index (χ3v) is 1.37. The highest BCUT2D eigenvalue weighted by atomic mass is 16.6. The van der Waals surface area contributed by atoms with Gasteiger partial charge in [-0.05, 0) is 11.0 Å². The summed E-state index contributed by atoms with van der Waals surface area (Å²) in [7, 11) is 1.57. The van der Waals surface area contributed by atoms with Gasteiger partial charge in [-0.3, -0.25) is 0 Å². The van der Waals surface area contributed by atoms with Crippen LogP contribution < -0.4 is 0 Å². The van der Waals surface area contributed by atoms with Crippen LogP contribution in [-0.4, -0.2) is 14.5 Å². The molecule has 11 heavy (non-hydrogen) atoms. The molecular weight excluding hydrogens is 146 g/mol. The molecule has 58 valence electrons. The molecule has 1 aromatic heterocycles. The van der Waals surface area contributed by atoms with Crippen molar-refractivity contribution in [1.82, 2.24) is 9.55 Å². The predicted molar refractivity (Wildman–Crippen MR) is 40.0 cm³/mol. The van der Waals surface area contributed by atoms with E-state index >= 15 is 0 Å². The first-order valence-corrected chi connectivity index (χ1v) is 2.95. The number of nitrogens with zero attached hydrogens (tertiary/aromatic N) is 3. The van der Waals surface area contributed by atoms with Gasteiger partial charge in [0.25, 0.3) is 0 Å². The molecule has 0 amide bonds. The molecule has 0 aliphatic rings. The minimum Gasteiger partial charge on any atom is -0.358 e. The molecule has 5 nitrogen and oxygen atoms in total. The van der Waals surface area contributed by atoms with E-state index < -0.39 is 4.92 Å². The van der Waals surface area contributed by atoms with Gasteiger partial charge in [-0.25, -0.2) is 9.55 Å². The van der Waals surface area contributed by atoms with Gasteiger partial charge in [0.1, 0.15) is 6.20 Å². The molecule has 0 atom stereocenters. The Hall–Kier alpha value is -1.65. The van der Waals surface area contributed by atoms with Gasteiger partial charge in [0.15, 0.2) is 0 Å². The molecule has 0 radical (unpaired) electrons. The number of rotatable bonds is 2. The van der Waals surface area contributed by atoms with E-state index in [-0.39, 0.29) is 5.82 Å². The van der Waals surface area contributed by atoms with Crippen LogP contribution >= 0.6 is 0 Å². The van der Waals surface area contributed by atoms with Gasteiger partial charge in [-0.1, -0.05) is 6.58 Å². The number of hydrogen-bond acceptors (Lipinski definition) is 3. The summed E-state index contributed by atoms with van der Waals surface area (Å²) in [5, 5.41) is 10.3. The van der Waals surface area contributed by atoms with Gasteiger partial charge in [0.2, 0.25) is 5.82 Å². The molecule has 0 bridgehead atoms. The van der Waals surface area contributed by atoms with Crippen LogP contribution in [0.15, 0.2) is 12.8 Å². The lowest BCUT2D eigenvalue weighted by atomic mass is 10.6. The highest BCUT2D eigenvalue weighted by Crippen LogP contribution is 2.11.